The molecule has 0 radical (unpaired) electrons. The average Bonchev–Trinajstić information content (AvgIpc) is 2.91. The lowest BCUT2D eigenvalue weighted by Gasteiger charge is -2.38. The zero-order valence-electron chi connectivity index (χ0n) is 17.5. The molecule has 0 aliphatic carbocycles. The number of nitrogens with zero attached hydrogens (tertiary/aromatic N) is 2. The Morgan fingerprint density at radius 2 is 1.70 bits per heavy atom. The zero-order chi connectivity index (χ0) is 20.6. The maximum Gasteiger partial charge on any atom is 0.410 e. The predicted octanol–water partition coefficient (Wildman–Crippen LogP) is 3.86. The van der Waals surface area contributed by atoms with Gasteiger partial charge in [-0.2, -0.15) is 0 Å². The van der Waals surface area contributed by atoms with Crippen molar-refractivity contribution >= 4 is 23.0 Å². The van der Waals surface area contributed by atoms with Gasteiger partial charge in [-0.1, -0.05) is 32.0 Å². The Kier molecular flexibility index (Phi) is 5.59. The van der Waals surface area contributed by atoms with Crippen LogP contribution in [0.4, 0.5) is 4.79 Å². The van der Waals surface area contributed by atoms with Crippen LogP contribution in [0.15, 0.2) is 30.5 Å². The van der Waals surface area contributed by atoms with Gasteiger partial charge in [0.15, 0.2) is 0 Å². The molecule has 1 heterocycles. The molecule has 2 aromatic rings. The molecule has 0 bridgehead atoms. The molecule has 148 valence electrons. The van der Waals surface area contributed by atoms with E-state index in [0.29, 0.717) is 0 Å². The molecular weight excluding hydrogens is 344 g/mol. The summed E-state index contributed by atoms with van der Waals surface area (Å²) in [5, 5.41) is 1.04. The summed E-state index contributed by atoms with van der Waals surface area (Å²) in [6.07, 6.45) is 1.44. The fourth-order valence-corrected chi connectivity index (χ4v) is 3.49. The number of carbonyl (C=O) groups excluding carboxylic acids is 2. The lowest BCUT2D eigenvalue weighted by atomic mass is 9.77. The number of aromatic nitrogens is 1. The number of para-hydroxylation sites is 1. The third-order valence-electron chi connectivity index (χ3n) is 4.77. The Balaban J connectivity index is 2.54. The number of aryl methyl sites for hydroxylation is 1. The Morgan fingerprint density at radius 3 is 2.26 bits per heavy atom. The number of fused-ring (bicyclic) bond motifs is 1. The standard InChI is InChI=1S/C21H30N2O4/c1-20(2,3)27-19(25)23(7)17(18(24)26-8)21(4,5)15-13-22(6)16-12-10-9-11-14(15)16/h9-13,17H,1-8H3/t17-/m1/s1. The topological polar surface area (TPSA) is 60.8 Å². The summed E-state index contributed by atoms with van der Waals surface area (Å²) in [5.41, 5.74) is 0.658. The van der Waals surface area contributed by atoms with Crippen molar-refractivity contribution in [2.24, 2.45) is 7.05 Å². The fourth-order valence-electron chi connectivity index (χ4n) is 3.49. The lowest BCUT2D eigenvalue weighted by Crippen LogP contribution is -2.54. The van der Waals surface area contributed by atoms with Gasteiger partial charge in [-0.05, 0) is 32.4 Å². The number of benzene rings is 1. The second-order valence-corrected chi connectivity index (χ2v) is 8.41. The maximum atomic E-state index is 12.7. The van der Waals surface area contributed by atoms with Crippen molar-refractivity contribution in [1.82, 2.24) is 9.47 Å². The van der Waals surface area contributed by atoms with E-state index in [1.165, 1.54) is 12.0 Å². The molecule has 0 aliphatic rings. The predicted molar refractivity (Wildman–Crippen MR) is 106 cm³/mol. The van der Waals surface area contributed by atoms with E-state index in [4.69, 9.17) is 9.47 Å². The van der Waals surface area contributed by atoms with E-state index in [0.717, 1.165) is 16.5 Å². The monoisotopic (exact) mass is 374 g/mol. The number of likely N-dealkylation sites (N-methyl/N-ethyl adjacent to an activating group) is 1. The molecule has 6 nitrogen and oxygen atoms in total. The van der Waals surface area contributed by atoms with Crippen LogP contribution in [0.1, 0.15) is 40.2 Å². The lowest BCUT2D eigenvalue weighted by molar-refractivity contribution is -0.148. The van der Waals surface area contributed by atoms with Crippen LogP contribution < -0.4 is 0 Å². The molecule has 1 aromatic heterocycles. The number of esters is 1. The molecule has 2 rings (SSSR count). The first kappa shape index (κ1) is 20.8. The van der Waals surface area contributed by atoms with Gasteiger partial charge in [0.05, 0.1) is 7.11 Å². The van der Waals surface area contributed by atoms with E-state index >= 15 is 0 Å². The Labute approximate surface area is 161 Å². The van der Waals surface area contributed by atoms with E-state index in [1.54, 1.807) is 27.8 Å². The average molecular weight is 374 g/mol. The van der Waals surface area contributed by atoms with Crippen LogP contribution in [-0.2, 0) is 26.7 Å². The quantitative estimate of drug-likeness (QED) is 0.763. The maximum absolute atomic E-state index is 12.7. The van der Waals surface area contributed by atoms with Crippen LogP contribution in [-0.4, -0.2) is 47.3 Å². The van der Waals surface area contributed by atoms with Gasteiger partial charge in [0, 0.05) is 36.6 Å². The Bertz CT molecular complexity index is 845. The second kappa shape index (κ2) is 7.25. The van der Waals surface area contributed by atoms with E-state index in [9.17, 15) is 9.59 Å². The number of hydrogen-bond donors (Lipinski definition) is 0. The van der Waals surface area contributed by atoms with Gasteiger partial charge < -0.3 is 14.0 Å². The normalized spacial score (nSPS) is 13.3. The summed E-state index contributed by atoms with van der Waals surface area (Å²) in [6.45, 7) is 9.26. The van der Waals surface area contributed by atoms with Crippen LogP contribution in [0.3, 0.4) is 0 Å². The molecule has 27 heavy (non-hydrogen) atoms. The summed E-state index contributed by atoms with van der Waals surface area (Å²) in [6, 6.07) is 7.15. The Hall–Kier alpha value is -2.50. The third kappa shape index (κ3) is 4.10. The smallest absolute Gasteiger partial charge is 0.410 e. The van der Waals surface area contributed by atoms with Gasteiger partial charge in [-0.3, -0.25) is 4.90 Å². The largest absolute Gasteiger partial charge is 0.467 e. The first-order chi connectivity index (χ1) is 12.4. The minimum Gasteiger partial charge on any atom is -0.467 e. The van der Waals surface area contributed by atoms with E-state index in [2.05, 4.69) is 0 Å². The van der Waals surface area contributed by atoms with E-state index < -0.39 is 29.1 Å². The molecule has 0 aliphatic heterocycles. The summed E-state index contributed by atoms with van der Waals surface area (Å²) < 4.78 is 12.5. The Morgan fingerprint density at radius 1 is 1.11 bits per heavy atom. The van der Waals surface area contributed by atoms with Crippen molar-refractivity contribution < 1.29 is 19.1 Å². The van der Waals surface area contributed by atoms with Crippen molar-refractivity contribution in [3.05, 3.63) is 36.0 Å². The highest BCUT2D eigenvalue weighted by molar-refractivity contribution is 5.88. The first-order valence-corrected chi connectivity index (χ1v) is 8.98. The zero-order valence-corrected chi connectivity index (χ0v) is 17.5. The molecular formula is C21H30N2O4. The van der Waals surface area contributed by atoms with Crippen molar-refractivity contribution in [1.29, 1.82) is 0 Å². The van der Waals surface area contributed by atoms with Gasteiger partial charge in [-0.15, -0.1) is 0 Å². The van der Waals surface area contributed by atoms with Crippen LogP contribution in [0.25, 0.3) is 10.9 Å². The molecule has 0 fully saturated rings. The number of carbonyl (C=O) groups is 2. The fraction of sp³-hybridized carbons (Fsp3) is 0.524. The minimum absolute atomic E-state index is 0.485. The van der Waals surface area contributed by atoms with Gasteiger partial charge >= 0.3 is 12.1 Å². The van der Waals surface area contributed by atoms with Crippen molar-refractivity contribution in [2.75, 3.05) is 14.2 Å². The number of ether oxygens (including phenoxy) is 2. The van der Waals surface area contributed by atoms with Gasteiger partial charge in [-0.25, -0.2) is 9.59 Å². The number of hydrogen-bond acceptors (Lipinski definition) is 4. The van der Waals surface area contributed by atoms with Crippen LogP contribution in [0.5, 0.6) is 0 Å². The third-order valence-corrected chi connectivity index (χ3v) is 4.77. The summed E-state index contributed by atoms with van der Waals surface area (Å²) >= 11 is 0. The van der Waals surface area contributed by atoms with Crippen LogP contribution >= 0.6 is 0 Å². The van der Waals surface area contributed by atoms with Crippen molar-refractivity contribution in [2.45, 2.75) is 51.7 Å². The number of methoxy groups -OCH3 is 1. The molecule has 0 unspecified atom stereocenters. The molecule has 0 saturated carbocycles. The molecule has 0 N–H and O–H groups in total. The van der Waals surface area contributed by atoms with Gasteiger partial charge in [0.2, 0.25) is 0 Å². The molecule has 1 atom stereocenters. The highest BCUT2D eigenvalue weighted by Gasteiger charge is 2.44. The highest BCUT2D eigenvalue weighted by Crippen LogP contribution is 2.37. The van der Waals surface area contributed by atoms with Gasteiger partial charge in [0.1, 0.15) is 11.6 Å². The highest BCUT2D eigenvalue weighted by atomic mass is 16.6. The van der Waals surface area contributed by atoms with E-state index in [-0.39, 0.29) is 0 Å². The number of rotatable bonds is 4. The summed E-state index contributed by atoms with van der Waals surface area (Å²) in [7, 11) is 4.87. The van der Waals surface area contributed by atoms with Crippen LogP contribution in [0.2, 0.25) is 0 Å². The van der Waals surface area contributed by atoms with Crippen LogP contribution in [0, 0.1) is 0 Å². The van der Waals surface area contributed by atoms with E-state index in [1.807, 2.05) is 55.9 Å². The van der Waals surface area contributed by atoms with Crippen molar-refractivity contribution in [3.8, 4) is 0 Å². The molecule has 1 amide bonds. The molecule has 0 spiro atoms. The van der Waals surface area contributed by atoms with Crippen molar-refractivity contribution in [3.63, 3.8) is 0 Å². The van der Waals surface area contributed by atoms with Gasteiger partial charge in [0.25, 0.3) is 0 Å². The second-order valence-electron chi connectivity index (χ2n) is 8.41. The molecule has 6 heteroatoms. The first-order valence-electron chi connectivity index (χ1n) is 8.98. The molecule has 0 saturated heterocycles. The summed E-state index contributed by atoms with van der Waals surface area (Å²) in [4.78, 5) is 26.7. The SMILES string of the molecule is COC(=O)[C@@H](N(C)C(=O)OC(C)(C)C)C(C)(C)c1cn(C)c2ccccc12. The summed E-state index contributed by atoms with van der Waals surface area (Å²) in [5.74, 6) is -0.485. The minimum atomic E-state index is -0.844. The molecule has 1 aromatic carbocycles. The number of amides is 1.